The van der Waals surface area contributed by atoms with Gasteiger partial charge < -0.3 is 4.98 Å². The average Bonchev–Trinajstić information content (AvgIpc) is 2.47. The Balaban J connectivity index is 0.000000816. The van der Waals surface area contributed by atoms with E-state index in [-0.39, 0.29) is 10.8 Å². The van der Waals surface area contributed by atoms with E-state index in [1.807, 2.05) is 18.5 Å². The summed E-state index contributed by atoms with van der Waals surface area (Å²) >= 11 is 0.569. The minimum absolute atomic E-state index is 0.0688. The Hall–Kier alpha value is -0.626. The molecule has 5 heteroatoms. The van der Waals surface area contributed by atoms with E-state index in [2.05, 4.69) is 69.7 Å². The van der Waals surface area contributed by atoms with Gasteiger partial charge in [-0.15, -0.1) is 6.07 Å². The van der Waals surface area contributed by atoms with Crippen LogP contribution in [0.4, 0.5) is 0 Å². The fourth-order valence-corrected chi connectivity index (χ4v) is 1.98. The number of aromatic nitrogens is 2. The van der Waals surface area contributed by atoms with Crippen LogP contribution in [0.5, 0.6) is 0 Å². The van der Waals surface area contributed by atoms with Gasteiger partial charge in [-0.05, 0) is 34.5 Å². The van der Waals surface area contributed by atoms with Gasteiger partial charge >= 0.3 is 33.0 Å². The topological polar surface area (TPSA) is 25.8 Å². The van der Waals surface area contributed by atoms with Crippen LogP contribution >= 0.6 is 20.4 Å². The predicted octanol–water partition coefficient (Wildman–Crippen LogP) is 5.92. The first-order valence-corrected chi connectivity index (χ1v) is 9.99. The average molecular weight is 397 g/mol. The second-order valence-corrected chi connectivity index (χ2v) is 8.94. The zero-order valence-electron chi connectivity index (χ0n) is 14.4. The molecule has 0 unspecified atom stereocenters. The Kier molecular flexibility index (Phi) is 7.51. The summed E-state index contributed by atoms with van der Waals surface area (Å²) in [6.45, 7) is 13.2. The molecule has 0 radical (unpaired) electrons. The third-order valence-electron chi connectivity index (χ3n) is 3.37. The molecule has 0 bridgehead atoms. The van der Waals surface area contributed by atoms with Crippen LogP contribution in [0.2, 0.25) is 0 Å². The standard InChI is InChI=1S/C18H23N2.2ClH.Ni/c1-17(2,3)13-7-9-19-15(11-13)16-12-14(8-10-20-16)18(4,5)6;;;/h7-11H,1-6H3;2*1H;/q-1;;;+3/p-2. The van der Waals surface area contributed by atoms with E-state index < -0.39 is 0 Å². The van der Waals surface area contributed by atoms with E-state index in [1.165, 1.54) is 5.56 Å². The molecule has 2 nitrogen and oxygen atoms in total. The predicted molar refractivity (Wildman–Crippen MR) is 95.4 cm³/mol. The molecular formula is C18H23Cl2N2Ni. The number of halogens is 2. The minimum atomic E-state index is 0.0688. The molecule has 2 heterocycles. The van der Waals surface area contributed by atoms with Gasteiger partial charge in [0.25, 0.3) is 0 Å². The van der Waals surface area contributed by atoms with Crippen molar-refractivity contribution in [3.8, 4) is 11.4 Å². The summed E-state index contributed by atoms with van der Waals surface area (Å²) in [5.74, 6) is 0. The number of rotatable bonds is 1. The Labute approximate surface area is 154 Å². The monoisotopic (exact) mass is 395 g/mol. The summed E-state index contributed by atoms with van der Waals surface area (Å²) in [7, 11) is 9.40. The van der Waals surface area contributed by atoms with Gasteiger partial charge in [0.1, 0.15) is 0 Å². The zero-order chi connectivity index (χ0) is 17.7. The van der Waals surface area contributed by atoms with Crippen LogP contribution in [0.15, 0.2) is 30.6 Å². The second kappa shape index (κ2) is 8.47. The van der Waals surface area contributed by atoms with Crippen LogP contribution in [-0.2, 0) is 23.5 Å². The van der Waals surface area contributed by atoms with Crippen molar-refractivity contribution in [2.45, 2.75) is 52.4 Å². The molecule has 0 spiro atoms. The molecule has 0 amide bonds. The summed E-state index contributed by atoms with van der Waals surface area (Å²) in [6, 6.07) is 9.61. The number of hydrogen-bond acceptors (Lipinski definition) is 2. The molecule has 0 aliphatic heterocycles. The van der Waals surface area contributed by atoms with Gasteiger partial charge in [-0.3, -0.25) is 4.98 Å². The van der Waals surface area contributed by atoms with Crippen molar-refractivity contribution in [1.82, 2.24) is 9.97 Å². The third-order valence-corrected chi connectivity index (χ3v) is 3.37. The molecular weight excluding hydrogens is 374 g/mol. The molecule has 23 heavy (non-hydrogen) atoms. The number of nitrogens with zero attached hydrogens (tertiary/aromatic N) is 2. The normalized spacial score (nSPS) is 11.8. The zero-order valence-corrected chi connectivity index (χ0v) is 16.9. The molecule has 0 aliphatic carbocycles. The summed E-state index contributed by atoms with van der Waals surface area (Å²) < 4.78 is 0. The van der Waals surface area contributed by atoms with E-state index in [4.69, 9.17) is 20.4 Å². The van der Waals surface area contributed by atoms with Crippen molar-refractivity contribution in [2.75, 3.05) is 0 Å². The molecule has 0 atom stereocenters. The van der Waals surface area contributed by atoms with Crippen LogP contribution in [0.3, 0.4) is 0 Å². The van der Waals surface area contributed by atoms with Gasteiger partial charge in [0, 0.05) is 6.20 Å². The van der Waals surface area contributed by atoms with Gasteiger partial charge in [0.2, 0.25) is 0 Å². The molecule has 0 aliphatic rings. The summed E-state index contributed by atoms with van der Waals surface area (Å²) in [5, 5.41) is 0. The first-order chi connectivity index (χ1) is 10.6. The van der Waals surface area contributed by atoms with E-state index in [0.29, 0.717) is 12.7 Å². The Bertz CT molecular complexity index is 576. The van der Waals surface area contributed by atoms with E-state index in [0.717, 1.165) is 17.0 Å². The molecule has 0 N–H and O–H groups in total. The van der Waals surface area contributed by atoms with Gasteiger partial charge in [0.15, 0.2) is 0 Å². The molecule has 2 aromatic rings. The molecule has 0 aromatic carbocycles. The number of pyridine rings is 2. The molecule has 0 saturated carbocycles. The number of hydrogen-bond donors (Lipinski definition) is 0. The Morgan fingerprint density at radius 2 is 1.48 bits per heavy atom. The van der Waals surface area contributed by atoms with Crippen LogP contribution in [-0.4, -0.2) is 9.97 Å². The first-order valence-electron chi connectivity index (χ1n) is 7.27. The van der Waals surface area contributed by atoms with Gasteiger partial charge in [-0.1, -0.05) is 53.2 Å². The molecule has 2 aromatic heterocycles. The van der Waals surface area contributed by atoms with Crippen molar-refractivity contribution in [1.29, 1.82) is 0 Å². The molecule has 129 valence electrons. The van der Waals surface area contributed by atoms with Gasteiger partial charge in [-0.2, -0.15) is 11.6 Å². The third kappa shape index (κ3) is 6.41. The van der Waals surface area contributed by atoms with Crippen LogP contribution in [0.25, 0.3) is 11.4 Å². The molecule has 0 saturated heterocycles. The molecule has 2 rings (SSSR count). The quantitative estimate of drug-likeness (QED) is 0.442. The maximum atomic E-state index is 4.70. The first kappa shape index (κ1) is 20.4. The van der Waals surface area contributed by atoms with Crippen molar-refractivity contribution >= 4 is 20.4 Å². The van der Waals surface area contributed by atoms with Crippen LogP contribution < -0.4 is 0 Å². The van der Waals surface area contributed by atoms with Crippen molar-refractivity contribution in [2.24, 2.45) is 0 Å². The van der Waals surface area contributed by atoms with E-state index in [9.17, 15) is 0 Å². The Morgan fingerprint density at radius 3 is 2.00 bits per heavy atom. The van der Waals surface area contributed by atoms with Crippen molar-refractivity contribution < 1.29 is 12.7 Å². The Morgan fingerprint density at radius 1 is 0.913 bits per heavy atom. The fraction of sp³-hybridized carbons (Fsp3) is 0.444. The van der Waals surface area contributed by atoms with E-state index >= 15 is 0 Å². The SMILES string of the molecule is CC(C)(C)c1[c-]c(-c2cc(C(C)(C)C)ccn2)ncc1.[Cl][Ni+][Cl]. The van der Waals surface area contributed by atoms with E-state index in [1.54, 1.807) is 0 Å². The summed E-state index contributed by atoms with van der Waals surface area (Å²) in [4.78, 5) is 8.88. The molecule has 0 fully saturated rings. The fourth-order valence-electron chi connectivity index (χ4n) is 1.98. The maximum absolute atomic E-state index is 4.70. The van der Waals surface area contributed by atoms with Gasteiger partial charge in [0.05, 0.1) is 0 Å². The van der Waals surface area contributed by atoms with Crippen LogP contribution in [0, 0.1) is 6.07 Å². The second-order valence-electron chi connectivity index (χ2n) is 7.31. The van der Waals surface area contributed by atoms with Gasteiger partial charge in [-0.25, -0.2) is 0 Å². The van der Waals surface area contributed by atoms with Crippen LogP contribution in [0.1, 0.15) is 52.7 Å². The van der Waals surface area contributed by atoms with Crippen molar-refractivity contribution in [3.63, 3.8) is 0 Å². The summed E-state index contributed by atoms with van der Waals surface area (Å²) in [5.41, 5.74) is 4.31. The summed E-state index contributed by atoms with van der Waals surface area (Å²) in [6.07, 6.45) is 3.70. The van der Waals surface area contributed by atoms with Crippen molar-refractivity contribution in [3.05, 3.63) is 47.8 Å².